The Balaban J connectivity index is 2.32. The van der Waals surface area contributed by atoms with Gasteiger partial charge in [-0.2, -0.15) is 0 Å². The number of hydrogen-bond acceptors (Lipinski definition) is 3. The van der Waals surface area contributed by atoms with Gasteiger partial charge in [0.2, 0.25) is 0 Å². The number of benzene rings is 2. The maximum absolute atomic E-state index is 13.7. The molecular weight excluding hydrogens is 222 g/mol. The maximum Gasteiger partial charge on any atom is 0.707 e. The Kier molecular flexibility index (Phi) is 3.42. The normalized spacial score (nSPS) is 10.1. The molecule has 0 atom stereocenters. The molecule has 0 heterocycles. The molecule has 5 heteroatoms. The van der Waals surface area contributed by atoms with Crippen molar-refractivity contribution in [3.8, 4) is 16.9 Å². The second-order valence-corrected chi connectivity index (χ2v) is 3.45. The molecule has 0 saturated carbocycles. The van der Waals surface area contributed by atoms with Gasteiger partial charge in [-0.3, -0.25) is 0 Å². The van der Waals surface area contributed by atoms with Gasteiger partial charge in [0.15, 0.2) is 0 Å². The van der Waals surface area contributed by atoms with Crippen LogP contribution in [0.25, 0.3) is 11.1 Å². The van der Waals surface area contributed by atoms with Crippen LogP contribution in [0.4, 0.5) is 4.39 Å². The molecule has 86 valence electrons. The fraction of sp³-hybridized carbons (Fsp3) is 0. The first-order chi connectivity index (χ1) is 8.16. The Bertz CT molecular complexity index is 502. The first-order valence-electron chi connectivity index (χ1n) is 5.04. The Morgan fingerprint density at radius 1 is 1.00 bits per heavy atom. The first kappa shape index (κ1) is 11.6. The van der Waals surface area contributed by atoms with Crippen molar-refractivity contribution < 1.29 is 19.1 Å². The summed E-state index contributed by atoms with van der Waals surface area (Å²) in [5.41, 5.74) is 1.19. The molecule has 2 rings (SSSR count). The molecule has 0 aliphatic carbocycles. The van der Waals surface area contributed by atoms with Gasteiger partial charge in [-0.1, -0.05) is 30.3 Å². The zero-order valence-corrected chi connectivity index (χ0v) is 8.88. The van der Waals surface area contributed by atoms with E-state index in [-0.39, 0.29) is 5.75 Å². The fourth-order valence-electron chi connectivity index (χ4n) is 1.54. The third-order valence-corrected chi connectivity index (χ3v) is 2.27. The van der Waals surface area contributed by atoms with E-state index in [1.807, 2.05) is 18.2 Å². The largest absolute Gasteiger partial charge is 0.707 e. The minimum absolute atomic E-state index is 0.0668. The van der Waals surface area contributed by atoms with E-state index in [1.165, 1.54) is 12.1 Å². The molecule has 2 aromatic carbocycles. The van der Waals surface area contributed by atoms with Crippen LogP contribution in [-0.2, 0) is 0 Å². The highest BCUT2D eigenvalue weighted by Gasteiger charge is 2.13. The molecule has 0 unspecified atom stereocenters. The predicted molar refractivity (Wildman–Crippen MR) is 62.7 cm³/mol. The molecule has 0 aliphatic rings. The number of rotatable bonds is 3. The lowest BCUT2D eigenvalue weighted by atomic mass is 10.1. The highest BCUT2D eigenvalue weighted by Crippen LogP contribution is 2.25. The summed E-state index contributed by atoms with van der Waals surface area (Å²) in [5, 5.41) is 17.2. The molecule has 2 N–H and O–H groups in total. The standard InChI is InChI=1S/C12H10BFO3/c14-12-8-10(17-13(15)16)6-7-11(12)9-4-2-1-3-5-9/h1-8,15-16H. The average molecular weight is 232 g/mol. The van der Waals surface area contributed by atoms with E-state index < -0.39 is 13.1 Å². The lowest BCUT2D eigenvalue weighted by Gasteiger charge is -2.07. The third kappa shape index (κ3) is 2.84. The molecule has 0 fully saturated rings. The number of halogens is 1. The Hall–Kier alpha value is -1.85. The van der Waals surface area contributed by atoms with E-state index in [0.717, 1.165) is 11.6 Å². The molecule has 0 bridgehead atoms. The highest BCUT2D eigenvalue weighted by atomic mass is 19.1. The monoisotopic (exact) mass is 232 g/mol. The molecule has 0 radical (unpaired) electrons. The smallest absolute Gasteiger partial charge is 0.512 e. The van der Waals surface area contributed by atoms with Crippen LogP contribution in [0.5, 0.6) is 5.75 Å². The van der Waals surface area contributed by atoms with Crippen molar-refractivity contribution >= 4 is 7.32 Å². The molecule has 0 saturated heterocycles. The molecular formula is C12H10BFO3. The first-order valence-corrected chi connectivity index (χ1v) is 5.04. The van der Waals surface area contributed by atoms with E-state index in [9.17, 15) is 4.39 Å². The summed E-state index contributed by atoms with van der Waals surface area (Å²) in [5.74, 6) is -0.411. The van der Waals surface area contributed by atoms with Crippen molar-refractivity contribution in [1.82, 2.24) is 0 Å². The number of hydrogen-bond donors (Lipinski definition) is 2. The summed E-state index contributed by atoms with van der Waals surface area (Å²) in [6, 6.07) is 13.2. The highest BCUT2D eigenvalue weighted by molar-refractivity contribution is 6.33. The SMILES string of the molecule is OB(O)Oc1ccc(-c2ccccc2)c(F)c1. The molecule has 0 spiro atoms. The lowest BCUT2D eigenvalue weighted by Crippen LogP contribution is -2.20. The van der Waals surface area contributed by atoms with Gasteiger partial charge in [0.25, 0.3) is 0 Å². The van der Waals surface area contributed by atoms with Crippen LogP contribution < -0.4 is 4.65 Å². The van der Waals surface area contributed by atoms with Crippen molar-refractivity contribution in [2.24, 2.45) is 0 Å². The minimum Gasteiger partial charge on any atom is -0.512 e. The van der Waals surface area contributed by atoms with Crippen molar-refractivity contribution in [2.45, 2.75) is 0 Å². The summed E-state index contributed by atoms with van der Waals surface area (Å²) in [7, 11) is -1.95. The van der Waals surface area contributed by atoms with E-state index in [2.05, 4.69) is 4.65 Å². The topological polar surface area (TPSA) is 49.7 Å². The van der Waals surface area contributed by atoms with Crippen molar-refractivity contribution in [2.75, 3.05) is 0 Å². The van der Waals surface area contributed by atoms with Crippen LogP contribution in [0.2, 0.25) is 0 Å². The van der Waals surface area contributed by atoms with E-state index in [0.29, 0.717) is 5.56 Å². The summed E-state index contributed by atoms with van der Waals surface area (Å²) in [6.45, 7) is 0. The van der Waals surface area contributed by atoms with Gasteiger partial charge in [-0.15, -0.1) is 0 Å². The Morgan fingerprint density at radius 2 is 1.71 bits per heavy atom. The summed E-state index contributed by atoms with van der Waals surface area (Å²) in [4.78, 5) is 0. The van der Waals surface area contributed by atoms with E-state index in [1.54, 1.807) is 12.1 Å². The summed E-state index contributed by atoms with van der Waals surface area (Å²) < 4.78 is 18.3. The van der Waals surface area contributed by atoms with Gasteiger partial charge >= 0.3 is 7.32 Å². The second-order valence-electron chi connectivity index (χ2n) is 3.45. The fourth-order valence-corrected chi connectivity index (χ4v) is 1.54. The van der Waals surface area contributed by atoms with Gasteiger partial charge in [-0.25, -0.2) is 4.39 Å². The van der Waals surface area contributed by atoms with Gasteiger partial charge in [-0.05, 0) is 17.7 Å². The Morgan fingerprint density at radius 3 is 2.29 bits per heavy atom. The van der Waals surface area contributed by atoms with Crippen LogP contribution in [0.15, 0.2) is 48.5 Å². The zero-order chi connectivity index (χ0) is 12.3. The molecule has 17 heavy (non-hydrogen) atoms. The summed E-state index contributed by atoms with van der Waals surface area (Å²) in [6.07, 6.45) is 0. The van der Waals surface area contributed by atoms with Crippen LogP contribution in [-0.4, -0.2) is 17.4 Å². The van der Waals surface area contributed by atoms with Gasteiger partial charge in [0, 0.05) is 11.6 Å². The molecule has 0 aliphatic heterocycles. The molecule has 3 nitrogen and oxygen atoms in total. The van der Waals surface area contributed by atoms with Crippen LogP contribution in [0.3, 0.4) is 0 Å². The van der Waals surface area contributed by atoms with Crippen molar-refractivity contribution in [3.05, 3.63) is 54.3 Å². The molecule has 0 aromatic heterocycles. The maximum atomic E-state index is 13.7. The third-order valence-electron chi connectivity index (χ3n) is 2.27. The van der Waals surface area contributed by atoms with Crippen LogP contribution in [0.1, 0.15) is 0 Å². The van der Waals surface area contributed by atoms with Crippen LogP contribution >= 0.6 is 0 Å². The summed E-state index contributed by atoms with van der Waals surface area (Å²) >= 11 is 0. The van der Waals surface area contributed by atoms with Gasteiger partial charge < -0.3 is 14.7 Å². The quantitative estimate of drug-likeness (QED) is 0.793. The zero-order valence-electron chi connectivity index (χ0n) is 8.88. The average Bonchev–Trinajstić information content (AvgIpc) is 2.29. The minimum atomic E-state index is -1.95. The van der Waals surface area contributed by atoms with E-state index in [4.69, 9.17) is 10.0 Å². The second kappa shape index (κ2) is 4.99. The van der Waals surface area contributed by atoms with Crippen molar-refractivity contribution in [1.29, 1.82) is 0 Å². The molecule has 0 amide bonds. The van der Waals surface area contributed by atoms with Gasteiger partial charge in [0.1, 0.15) is 11.6 Å². The van der Waals surface area contributed by atoms with Gasteiger partial charge in [0.05, 0.1) is 0 Å². The molecule has 2 aromatic rings. The van der Waals surface area contributed by atoms with E-state index >= 15 is 0 Å². The lowest BCUT2D eigenvalue weighted by molar-refractivity contribution is 0.287. The van der Waals surface area contributed by atoms with Crippen molar-refractivity contribution in [3.63, 3.8) is 0 Å². The van der Waals surface area contributed by atoms with Crippen LogP contribution in [0, 0.1) is 5.82 Å². The Labute approximate surface area is 98.3 Å². The predicted octanol–water partition coefficient (Wildman–Crippen LogP) is 1.84.